The lowest BCUT2D eigenvalue weighted by Crippen LogP contribution is -2.26. The average molecular weight is 301 g/mol. The van der Waals surface area contributed by atoms with E-state index < -0.39 is 4.92 Å². The van der Waals surface area contributed by atoms with Gasteiger partial charge in [-0.05, 0) is 18.7 Å². The second-order valence-electron chi connectivity index (χ2n) is 4.23. The van der Waals surface area contributed by atoms with Gasteiger partial charge in [-0.25, -0.2) is 0 Å². The summed E-state index contributed by atoms with van der Waals surface area (Å²) in [5.41, 5.74) is 0.570. The molecule has 0 aliphatic carbocycles. The smallest absolute Gasteiger partial charge is 0.306 e. The molecule has 0 atom stereocenters. The molecule has 0 N–H and O–H groups in total. The van der Waals surface area contributed by atoms with E-state index in [-0.39, 0.29) is 18.1 Å². The molecule has 0 amide bonds. The number of esters is 1. The van der Waals surface area contributed by atoms with Crippen LogP contribution >= 0.6 is 11.6 Å². The topological polar surface area (TPSA) is 72.7 Å². The molecule has 7 heteroatoms. The van der Waals surface area contributed by atoms with E-state index >= 15 is 0 Å². The monoisotopic (exact) mass is 300 g/mol. The lowest BCUT2D eigenvalue weighted by Gasteiger charge is -2.19. The molecule has 0 saturated heterocycles. The van der Waals surface area contributed by atoms with Gasteiger partial charge in [-0.1, -0.05) is 18.5 Å². The van der Waals surface area contributed by atoms with Crippen LogP contribution in [0.3, 0.4) is 0 Å². The number of carbonyl (C=O) groups is 1. The number of hydrogen-bond donors (Lipinski definition) is 0. The van der Waals surface area contributed by atoms with Crippen LogP contribution in [-0.4, -0.2) is 36.0 Å². The van der Waals surface area contributed by atoms with Crippen LogP contribution in [0.1, 0.15) is 18.9 Å². The third-order valence-electron chi connectivity index (χ3n) is 2.95. The lowest BCUT2D eigenvalue weighted by molar-refractivity contribution is -0.385. The maximum Gasteiger partial charge on any atom is 0.306 e. The Morgan fingerprint density at radius 3 is 2.75 bits per heavy atom. The maximum atomic E-state index is 11.1. The molecule has 0 fully saturated rings. The summed E-state index contributed by atoms with van der Waals surface area (Å²) < 4.78 is 4.58. The molecule has 0 bridgehead atoms. The number of methoxy groups -OCH3 is 1. The Morgan fingerprint density at radius 1 is 1.50 bits per heavy atom. The van der Waals surface area contributed by atoms with Gasteiger partial charge in [-0.3, -0.25) is 19.8 Å². The first-order valence-electron chi connectivity index (χ1n) is 6.20. The number of nitro benzene ring substituents is 1. The molecule has 0 radical (unpaired) electrons. The van der Waals surface area contributed by atoms with Gasteiger partial charge in [-0.2, -0.15) is 0 Å². The zero-order valence-electron chi connectivity index (χ0n) is 11.5. The van der Waals surface area contributed by atoms with Gasteiger partial charge in [0.1, 0.15) is 0 Å². The van der Waals surface area contributed by atoms with Crippen LogP contribution < -0.4 is 0 Å². The fraction of sp³-hybridized carbons (Fsp3) is 0.462. The number of ether oxygens (including phenoxy) is 1. The van der Waals surface area contributed by atoms with Crippen LogP contribution in [0.25, 0.3) is 0 Å². The number of halogens is 1. The average Bonchev–Trinajstić information content (AvgIpc) is 2.44. The van der Waals surface area contributed by atoms with Crippen molar-refractivity contribution in [2.45, 2.75) is 19.9 Å². The van der Waals surface area contributed by atoms with E-state index in [1.165, 1.54) is 13.2 Å². The summed E-state index contributed by atoms with van der Waals surface area (Å²) in [4.78, 5) is 23.6. The Bertz CT molecular complexity index is 493. The summed E-state index contributed by atoms with van der Waals surface area (Å²) in [7, 11) is 1.34. The molecule has 6 nitrogen and oxygen atoms in total. The fourth-order valence-corrected chi connectivity index (χ4v) is 1.95. The SMILES string of the molecule is CCN(CCC(=O)OC)Cc1ccc(Cl)cc1[N+](=O)[O-]. The van der Waals surface area contributed by atoms with Gasteiger partial charge in [0.05, 0.1) is 18.5 Å². The van der Waals surface area contributed by atoms with E-state index in [1.54, 1.807) is 12.1 Å². The van der Waals surface area contributed by atoms with Crippen LogP contribution in [0.15, 0.2) is 18.2 Å². The summed E-state index contributed by atoms with van der Waals surface area (Å²) >= 11 is 5.77. The van der Waals surface area contributed by atoms with Crippen molar-refractivity contribution in [3.8, 4) is 0 Å². The number of nitro groups is 1. The minimum Gasteiger partial charge on any atom is -0.469 e. The number of benzene rings is 1. The van der Waals surface area contributed by atoms with Crippen molar-refractivity contribution in [2.75, 3.05) is 20.2 Å². The zero-order chi connectivity index (χ0) is 15.1. The van der Waals surface area contributed by atoms with E-state index in [0.29, 0.717) is 30.2 Å². The van der Waals surface area contributed by atoms with Crippen molar-refractivity contribution >= 4 is 23.3 Å². The van der Waals surface area contributed by atoms with Crippen LogP contribution in [0.5, 0.6) is 0 Å². The third-order valence-corrected chi connectivity index (χ3v) is 3.18. The van der Waals surface area contributed by atoms with Crippen LogP contribution in [0.4, 0.5) is 5.69 Å². The molecule has 0 spiro atoms. The standard InChI is InChI=1S/C13H17ClN2O4/c1-3-15(7-6-13(17)20-2)9-10-4-5-11(14)8-12(10)16(18)19/h4-5,8H,3,6-7,9H2,1-2H3. The number of hydrogen-bond acceptors (Lipinski definition) is 5. The minimum atomic E-state index is -0.449. The van der Waals surface area contributed by atoms with Gasteiger partial charge >= 0.3 is 5.97 Å². The summed E-state index contributed by atoms with van der Waals surface area (Å²) in [5, 5.41) is 11.3. The number of rotatable bonds is 7. The molecule has 110 valence electrons. The van der Waals surface area contributed by atoms with Gasteiger partial charge in [0, 0.05) is 29.7 Å². The van der Waals surface area contributed by atoms with Crippen molar-refractivity contribution in [1.29, 1.82) is 0 Å². The quantitative estimate of drug-likeness (QED) is 0.440. The number of nitrogens with zero attached hydrogens (tertiary/aromatic N) is 2. The lowest BCUT2D eigenvalue weighted by atomic mass is 10.1. The Balaban J connectivity index is 2.79. The molecule has 0 saturated carbocycles. The van der Waals surface area contributed by atoms with Gasteiger partial charge in [0.25, 0.3) is 5.69 Å². The van der Waals surface area contributed by atoms with Crippen molar-refractivity contribution in [1.82, 2.24) is 4.90 Å². The molecule has 0 aliphatic heterocycles. The molecule has 1 rings (SSSR count). The van der Waals surface area contributed by atoms with E-state index in [4.69, 9.17) is 11.6 Å². The Hall–Kier alpha value is -1.66. The van der Waals surface area contributed by atoms with Gasteiger partial charge < -0.3 is 4.74 Å². The molecule has 0 aromatic heterocycles. The predicted molar refractivity (Wildman–Crippen MR) is 75.7 cm³/mol. The first-order valence-corrected chi connectivity index (χ1v) is 6.57. The highest BCUT2D eigenvalue weighted by Gasteiger charge is 2.17. The van der Waals surface area contributed by atoms with Crippen molar-refractivity contribution < 1.29 is 14.5 Å². The van der Waals surface area contributed by atoms with E-state index in [9.17, 15) is 14.9 Å². The zero-order valence-corrected chi connectivity index (χ0v) is 12.2. The Kier molecular flexibility index (Phi) is 6.41. The summed E-state index contributed by atoms with van der Waals surface area (Å²) in [6.45, 7) is 3.49. The fourth-order valence-electron chi connectivity index (χ4n) is 1.78. The van der Waals surface area contributed by atoms with Crippen molar-refractivity contribution in [2.24, 2.45) is 0 Å². The van der Waals surface area contributed by atoms with E-state index in [1.807, 2.05) is 11.8 Å². The maximum absolute atomic E-state index is 11.1. The molecular weight excluding hydrogens is 284 g/mol. The summed E-state index contributed by atoms with van der Waals surface area (Å²) in [6, 6.07) is 4.60. The third kappa shape index (κ3) is 4.79. The molecule has 0 aliphatic rings. The van der Waals surface area contributed by atoms with Crippen LogP contribution in [-0.2, 0) is 16.1 Å². The second kappa shape index (κ2) is 7.81. The van der Waals surface area contributed by atoms with Gasteiger partial charge in [0.15, 0.2) is 0 Å². The van der Waals surface area contributed by atoms with E-state index in [0.717, 1.165) is 0 Å². The van der Waals surface area contributed by atoms with Gasteiger partial charge in [0.2, 0.25) is 0 Å². The Labute approximate surface area is 122 Å². The highest BCUT2D eigenvalue weighted by molar-refractivity contribution is 6.30. The van der Waals surface area contributed by atoms with Gasteiger partial charge in [-0.15, -0.1) is 0 Å². The van der Waals surface area contributed by atoms with E-state index in [2.05, 4.69) is 4.74 Å². The first kappa shape index (κ1) is 16.4. The highest BCUT2D eigenvalue weighted by Crippen LogP contribution is 2.24. The molecular formula is C13H17ClN2O4. The molecule has 1 aromatic rings. The summed E-state index contributed by atoms with van der Waals surface area (Å²) in [6.07, 6.45) is 0.256. The normalized spacial score (nSPS) is 10.6. The van der Waals surface area contributed by atoms with Crippen LogP contribution in [0, 0.1) is 10.1 Å². The molecule has 20 heavy (non-hydrogen) atoms. The molecule has 0 unspecified atom stereocenters. The summed E-state index contributed by atoms with van der Waals surface area (Å²) in [5.74, 6) is -0.297. The molecule has 0 heterocycles. The second-order valence-corrected chi connectivity index (χ2v) is 4.66. The Morgan fingerprint density at radius 2 is 2.20 bits per heavy atom. The van der Waals surface area contributed by atoms with Crippen molar-refractivity contribution in [3.63, 3.8) is 0 Å². The largest absolute Gasteiger partial charge is 0.469 e. The van der Waals surface area contributed by atoms with Crippen molar-refractivity contribution in [3.05, 3.63) is 38.9 Å². The highest BCUT2D eigenvalue weighted by atomic mass is 35.5. The first-order chi connectivity index (χ1) is 9.47. The van der Waals surface area contributed by atoms with Crippen LogP contribution in [0.2, 0.25) is 5.02 Å². The minimum absolute atomic E-state index is 0.00554. The predicted octanol–water partition coefficient (Wildman–Crippen LogP) is 2.63. The number of carbonyl (C=O) groups excluding carboxylic acids is 1. The molecule has 1 aromatic carbocycles.